The summed E-state index contributed by atoms with van der Waals surface area (Å²) in [6.45, 7) is 6.11. The summed E-state index contributed by atoms with van der Waals surface area (Å²) < 4.78 is 11.0. The van der Waals surface area contributed by atoms with Gasteiger partial charge in [0.05, 0.1) is 13.7 Å². The molecule has 164 valence electrons. The highest BCUT2D eigenvalue weighted by atomic mass is 16.5. The number of anilines is 1. The molecule has 1 heterocycles. The third-order valence-corrected chi connectivity index (χ3v) is 5.29. The second kappa shape index (κ2) is 10.7. The number of nitrogens with zero attached hydrogens (tertiary/aromatic N) is 1. The number of benzene rings is 2. The average molecular weight is 423 g/mol. The van der Waals surface area contributed by atoms with Gasteiger partial charge in [0.2, 0.25) is 5.91 Å². The van der Waals surface area contributed by atoms with Gasteiger partial charge in [-0.15, -0.1) is 0 Å². The normalized spacial score (nSPS) is 13.5. The Labute approximate surface area is 183 Å². The maximum Gasteiger partial charge on any atom is 0.254 e. The number of carbonyl (C=O) groups excluding carboxylic acids is 2. The van der Waals surface area contributed by atoms with E-state index in [1.165, 1.54) is 6.08 Å². The van der Waals surface area contributed by atoms with Crippen LogP contribution in [-0.4, -0.2) is 43.5 Å². The van der Waals surface area contributed by atoms with E-state index in [0.717, 1.165) is 43.5 Å². The number of hydrogen-bond acceptors (Lipinski definition) is 4. The van der Waals surface area contributed by atoms with E-state index < -0.39 is 0 Å². The van der Waals surface area contributed by atoms with Crippen molar-refractivity contribution in [3.8, 4) is 11.5 Å². The van der Waals surface area contributed by atoms with Crippen LogP contribution >= 0.6 is 0 Å². The Morgan fingerprint density at radius 1 is 1.13 bits per heavy atom. The van der Waals surface area contributed by atoms with Crippen LogP contribution in [-0.2, 0) is 4.79 Å². The zero-order chi connectivity index (χ0) is 22.2. The van der Waals surface area contributed by atoms with Crippen LogP contribution in [0.5, 0.6) is 11.5 Å². The molecule has 31 heavy (non-hydrogen) atoms. The monoisotopic (exact) mass is 422 g/mol. The highest BCUT2D eigenvalue weighted by molar-refractivity contribution is 6.04. The van der Waals surface area contributed by atoms with Crippen molar-refractivity contribution in [2.24, 2.45) is 0 Å². The van der Waals surface area contributed by atoms with E-state index >= 15 is 0 Å². The number of hydrogen-bond donors (Lipinski definition) is 1. The van der Waals surface area contributed by atoms with Crippen LogP contribution in [0.25, 0.3) is 6.08 Å². The molecule has 0 spiro atoms. The standard InChI is InChI=1S/C25H30N2O4/c1-4-16-31-22-12-10-19(17-23(22)30-3)11-13-24(28)26-21-9-7-8-20(18(21)2)25(29)27-14-5-6-15-27/h7-13,17H,4-6,14-16H2,1-3H3,(H,26,28)/b13-11+. The largest absolute Gasteiger partial charge is 0.493 e. The Bertz CT molecular complexity index is 962. The highest BCUT2D eigenvalue weighted by Gasteiger charge is 2.21. The van der Waals surface area contributed by atoms with Crippen molar-refractivity contribution in [2.75, 3.05) is 32.1 Å². The number of ether oxygens (including phenoxy) is 2. The van der Waals surface area contributed by atoms with Crippen molar-refractivity contribution in [1.82, 2.24) is 4.90 Å². The van der Waals surface area contributed by atoms with Crippen molar-refractivity contribution in [3.63, 3.8) is 0 Å². The quantitative estimate of drug-likeness (QED) is 0.627. The Balaban J connectivity index is 1.68. The minimum atomic E-state index is -0.265. The fourth-order valence-electron chi connectivity index (χ4n) is 3.56. The van der Waals surface area contributed by atoms with Gasteiger partial charge in [0.15, 0.2) is 11.5 Å². The second-order valence-electron chi connectivity index (χ2n) is 7.56. The van der Waals surface area contributed by atoms with Crippen LogP contribution in [0.2, 0.25) is 0 Å². The number of methoxy groups -OCH3 is 1. The molecule has 1 saturated heterocycles. The SMILES string of the molecule is CCCOc1ccc(/C=C/C(=O)Nc2cccc(C(=O)N3CCCC3)c2C)cc1OC. The molecule has 1 fully saturated rings. The van der Waals surface area contributed by atoms with Crippen LogP contribution in [0.3, 0.4) is 0 Å². The van der Waals surface area contributed by atoms with Crippen molar-refractivity contribution in [2.45, 2.75) is 33.1 Å². The summed E-state index contributed by atoms with van der Waals surface area (Å²) in [6, 6.07) is 11.0. The molecule has 6 heteroatoms. The highest BCUT2D eigenvalue weighted by Crippen LogP contribution is 2.29. The average Bonchev–Trinajstić information content (AvgIpc) is 3.32. The molecule has 0 unspecified atom stereocenters. The Morgan fingerprint density at radius 3 is 2.61 bits per heavy atom. The summed E-state index contributed by atoms with van der Waals surface area (Å²) in [7, 11) is 1.59. The van der Waals surface area contributed by atoms with E-state index in [1.807, 2.05) is 49.1 Å². The molecule has 0 bridgehead atoms. The van der Waals surface area contributed by atoms with Crippen LogP contribution in [0.1, 0.15) is 47.7 Å². The van der Waals surface area contributed by atoms with Gasteiger partial charge in [0.25, 0.3) is 5.91 Å². The molecule has 0 aliphatic carbocycles. The van der Waals surface area contributed by atoms with Crippen molar-refractivity contribution in [3.05, 3.63) is 59.2 Å². The lowest BCUT2D eigenvalue weighted by molar-refractivity contribution is -0.111. The second-order valence-corrected chi connectivity index (χ2v) is 7.56. The van der Waals surface area contributed by atoms with Gasteiger partial charge >= 0.3 is 0 Å². The van der Waals surface area contributed by atoms with Gasteiger partial charge in [-0.1, -0.05) is 19.1 Å². The van der Waals surface area contributed by atoms with E-state index in [-0.39, 0.29) is 11.8 Å². The van der Waals surface area contributed by atoms with Crippen LogP contribution in [0.15, 0.2) is 42.5 Å². The predicted molar refractivity (Wildman–Crippen MR) is 123 cm³/mol. The zero-order valence-electron chi connectivity index (χ0n) is 18.4. The third-order valence-electron chi connectivity index (χ3n) is 5.29. The Morgan fingerprint density at radius 2 is 1.90 bits per heavy atom. The van der Waals surface area contributed by atoms with Crippen molar-refractivity contribution >= 4 is 23.6 Å². The molecule has 2 aromatic rings. The third kappa shape index (κ3) is 5.66. The first-order valence-corrected chi connectivity index (χ1v) is 10.7. The lowest BCUT2D eigenvalue weighted by atomic mass is 10.1. The van der Waals surface area contributed by atoms with Gasteiger partial charge in [-0.2, -0.15) is 0 Å². The maximum atomic E-state index is 12.7. The topological polar surface area (TPSA) is 67.9 Å². The summed E-state index contributed by atoms with van der Waals surface area (Å²) in [5.74, 6) is 1.07. The Kier molecular flexibility index (Phi) is 7.70. The first kappa shape index (κ1) is 22.4. The lowest BCUT2D eigenvalue weighted by Gasteiger charge is -2.18. The van der Waals surface area contributed by atoms with Crippen LogP contribution < -0.4 is 14.8 Å². The van der Waals surface area contributed by atoms with Crippen molar-refractivity contribution < 1.29 is 19.1 Å². The van der Waals surface area contributed by atoms with E-state index in [0.29, 0.717) is 29.4 Å². The molecule has 0 atom stereocenters. The van der Waals surface area contributed by atoms with Gasteiger partial charge < -0.3 is 19.7 Å². The van der Waals surface area contributed by atoms with E-state index in [9.17, 15) is 9.59 Å². The van der Waals surface area contributed by atoms with E-state index in [4.69, 9.17) is 9.47 Å². The molecule has 6 nitrogen and oxygen atoms in total. The van der Waals surface area contributed by atoms with Gasteiger partial charge in [-0.25, -0.2) is 0 Å². The first-order chi connectivity index (χ1) is 15.0. The zero-order valence-corrected chi connectivity index (χ0v) is 18.4. The fourth-order valence-corrected chi connectivity index (χ4v) is 3.56. The first-order valence-electron chi connectivity index (χ1n) is 10.7. The maximum absolute atomic E-state index is 12.7. The van der Waals surface area contributed by atoms with Gasteiger partial charge in [-0.3, -0.25) is 9.59 Å². The molecule has 1 N–H and O–H groups in total. The number of amides is 2. The van der Waals surface area contributed by atoms with Crippen molar-refractivity contribution in [1.29, 1.82) is 0 Å². The molecule has 2 amide bonds. The minimum absolute atomic E-state index is 0.0270. The molecular weight excluding hydrogens is 392 g/mol. The lowest BCUT2D eigenvalue weighted by Crippen LogP contribution is -2.28. The molecule has 3 rings (SSSR count). The van der Waals surface area contributed by atoms with Gasteiger partial charge in [0, 0.05) is 30.4 Å². The predicted octanol–water partition coefficient (Wildman–Crippen LogP) is 4.68. The Hall–Kier alpha value is -3.28. The van der Waals surface area contributed by atoms with Gasteiger partial charge in [-0.05, 0) is 67.7 Å². The minimum Gasteiger partial charge on any atom is -0.493 e. The summed E-state index contributed by atoms with van der Waals surface area (Å²) >= 11 is 0. The van der Waals surface area contributed by atoms with Crippen LogP contribution in [0, 0.1) is 6.92 Å². The molecule has 1 aliphatic heterocycles. The molecule has 2 aromatic carbocycles. The summed E-state index contributed by atoms with van der Waals surface area (Å²) in [5, 5.41) is 2.88. The number of carbonyl (C=O) groups is 2. The summed E-state index contributed by atoms with van der Waals surface area (Å²) in [5.41, 5.74) is 2.88. The van der Waals surface area contributed by atoms with E-state index in [2.05, 4.69) is 5.32 Å². The van der Waals surface area contributed by atoms with Gasteiger partial charge in [0.1, 0.15) is 0 Å². The smallest absolute Gasteiger partial charge is 0.254 e. The fraction of sp³-hybridized carbons (Fsp3) is 0.360. The number of rotatable bonds is 8. The molecule has 0 aromatic heterocycles. The summed E-state index contributed by atoms with van der Waals surface area (Å²) in [4.78, 5) is 27.1. The molecule has 0 saturated carbocycles. The summed E-state index contributed by atoms with van der Waals surface area (Å²) in [6.07, 6.45) is 6.19. The molecule has 0 radical (unpaired) electrons. The van der Waals surface area contributed by atoms with E-state index in [1.54, 1.807) is 19.3 Å². The number of likely N-dealkylation sites (tertiary alicyclic amines) is 1. The van der Waals surface area contributed by atoms with Crippen LogP contribution in [0.4, 0.5) is 5.69 Å². The number of nitrogens with one attached hydrogen (secondary N) is 1. The molecule has 1 aliphatic rings. The molecular formula is C25H30N2O4.